The predicted octanol–water partition coefficient (Wildman–Crippen LogP) is 3.83. The van der Waals surface area contributed by atoms with Crippen molar-refractivity contribution in [3.05, 3.63) is 45.8 Å². The van der Waals surface area contributed by atoms with E-state index in [1.165, 1.54) is 0 Å². The maximum atomic E-state index is 12.7. The van der Waals surface area contributed by atoms with Gasteiger partial charge in [-0.15, -0.1) is 0 Å². The summed E-state index contributed by atoms with van der Waals surface area (Å²) in [6.07, 6.45) is -0.607. The Labute approximate surface area is 199 Å². The monoisotopic (exact) mass is 486 g/mol. The molecule has 0 radical (unpaired) electrons. The van der Waals surface area contributed by atoms with Crippen LogP contribution < -0.4 is 5.32 Å². The van der Waals surface area contributed by atoms with Gasteiger partial charge < -0.3 is 20.0 Å². The van der Waals surface area contributed by atoms with Crippen molar-refractivity contribution < 1.29 is 28.3 Å². The first-order chi connectivity index (χ1) is 16.2. The van der Waals surface area contributed by atoms with E-state index in [0.29, 0.717) is 5.56 Å². The summed E-state index contributed by atoms with van der Waals surface area (Å²) in [6.45, 7) is 7.82. The van der Waals surface area contributed by atoms with Crippen molar-refractivity contribution >= 4 is 37.4 Å². The highest BCUT2D eigenvalue weighted by atomic mass is 28.4. The molecule has 0 aromatic heterocycles. The van der Waals surface area contributed by atoms with Crippen LogP contribution in [0, 0.1) is 5.92 Å². The lowest BCUT2D eigenvalue weighted by Gasteiger charge is -2.43. The van der Waals surface area contributed by atoms with Gasteiger partial charge in [0, 0.05) is 17.0 Å². The summed E-state index contributed by atoms with van der Waals surface area (Å²) < 4.78 is 11.5. The average molecular weight is 487 g/mol. The number of ether oxygens (including phenoxy) is 1. The molecule has 1 aromatic carbocycles. The molecule has 1 saturated heterocycles. The van der Waals surface area contributed by atoms with Crippen LogP contribution in [0.25, 0.3) is 16.0 Å². The highest BCUT2D eigenvalue weighted by Gasteiger charge is 2.48. The van der Waals surface area contributed by atoms with E-state index in [2.05, 4.69) is 40.9 Å². The lowest BCUT2D eigenvalue weighted by Crippen LogP contribution is -2.64. The second-order valence-corrected chi connectivity index (χ2v) is 12.9. The van der Waals surface area contributed by atoms with Gasteiger partial charge in [0.2, 0.25) is 5.91 Å². The summed E-state index contributed by atoms with van der Waals surface area (Å²) in [5, 5.41) is 6.19. The zero-order valence-corrected chi connectivity index (χ0v) is 20.9. The summed E-state index contributed by atoms with van der Waals surface area (Å²) in [4.78, 5) is 42.9. The Morgan fingerprint density at radius 1 is 1.18 bits per heavy atom. The Morgan fingerprint density at radius 2 is 1.82 bits per heavy atom. The summed E-state index contributed by atoms with van der Waals surface area (Å²) in [6, 6.07) is 8.71. The molecule has 34 heavy (non-hydrogen) atoms. The van der Waals surface area contributed by atoms with Gasteiger partial charge in [-0.3, -0.25) is 9.59 Å². The molecule has 0 aliphatic carbocycles. The number of nitrogens with one attached hydrogen (secondary N) is 1. The summed E-state index contributed by atoms with van der Waals surface area (Å²) in [5.74, 6) is -2.63. The molecule has 1 aliphatic heterocycles. The lowest BCUT2D eigenvalue weighted by atomic mass is 9.82. The number of azide groups is 1. The van der Waals surface area contributed by atoms with Crippen molar-refractivity contribution in [2.75, 3.05) is 0 Å². The number of esters is 1. The summed E-state index contributed by atoms with van der Waals surface area (Å²) in [7, 11) is -1.96. The second-order valence-electron chi connectivity index (χ2n) is 8.18. The number of Topliss-reactive ketones (excluding diaryl/α,β-unsaturated/α-hetero) is 1. The highest BCUT2D eigenvalue weighted by Crippen LogP contribution is 2.30. The Bertz CT molecular complexity index is 1020. The van der Waals surface area contributed by atoms with Crippen molar-refractivity contribution in [3.63, 3.8) is 0 Å². The highest BCUT2D eigenvalue weighted by molar-refractivity contribution is 6.73. The normalized spacial score (nSPS) is 17.9. The van der Waals surface area contributed by atoms with E-state index in [4.69, 9.17) is 14.7 Å². The SMILES string of the molecule is CC[Si](CC)(CC)O[C@H](C)[C@H]1C(=O)N[C@@H]1CC(=O)C(=[N+]=[N-])C(=O)OCc1ccccc1N=[N+]=[N-]. The molecule has 1 amide bonds. The predicted molar refractivity (Wildman–Crippen MR) is 126 cm³/mol. The number of carbonyl (C=O) groups is 3. The molecule has 1 aliphatic rings. The molecule has 0 unspecified atom stereocenters. The van der Waals surface area contributed by atoms with Gasteiger partial charge in [-0.05, 0) is 36.2 Å². The largest absolute Gasteiger partial charge is 0.452 e. The number of hydrogen-bond acceptors (Lipinski definition) is 6. The van der Waals surface area contributed by atoms with Crippen LogP contribution in [0.1, 0.15) is 39.7 Å². The molecule has 0 saturated carbocycles. The van der Waals surface area contributed by atoms with Crippen LogP contribution in [0.3, 0.4) is 0 Å². The average Bonchev–Trinajstić information content (AvgIpc) is 2.82. The fourth-order valence-electron chi connectivity index (χ4n) is 4.14. The third kappa shape index (κ3) is 6.18. The zero-order valence-electron chi connectivity index (χ0n) is 19.9. The van der Waals surface area contributed by atoms with Crippen molar-refractivity contribution in [1.82, 2.24) is 5.32 Å². The van der Waals surface area contributed by atoms with Crippen LogP contribution in [0.15, 0.2) is 29.4 Å². The van der Waals surface area contributed by atoms with E-state index in [0.717, 1.165) is 18.1 Å². The molecule has 1 fully saturated rings. The Hall–Kier alpha value is -3.30. The van der Waals surface area contributed by atoms with Crippen LogP contribution in [-0.4, -0.2) is 48.6 Å². The molecule has 0 bridgehead atoms. The van der Waals surface area contributed by atoms with Crippen molar-refractivity contribution in [2.45, 2.75) is 71.0 Å². The van der Waals surface area contributed by atoms with Gasteiger partial charge in [-0.25, -0.2) is 4.79 Å². The number of hydrogen-bond donors (Lipinski definition) is 1. The molecule has 1 aromatic rings. The molecule has 3 atom stereocenters. The molecule has 2 rings (SSSR count). The van der Waals surface area contributed by atoms with Crippen LogP contribution >= 0.6 is 0 Å². The maximum Gasteiger partial charge on any atom is 0.441 e. The summed E-state index contributed by atoms with van der Waals surface area (Å²) in [5.41, 5.74) is 17.8. The van der Waals surface area contributed by atoms with E-state index in [1.807, 2.05) is 6.92 Å². The second kappa shape index (κ2) is 12.2. The van der Waals surface area contributed by atoms with Crippen LogP contribution in [0.4, 0.5) is 5.69 Å². The Balaban J connectivity index is 2.03. The lowest BCUT2D eigenvalue weighted by molar-refractivity contribution is -0.144. The Morgan fingerprint density at radius 3 is 2.38 bits per heavy atom. The quantitative estimate of drug-likeness (QED) is 0.0652. The summed E-state index contributed by atoms with van der Waals surface area (Å²) >= 11 is 0. The van der Waals surface area contributed by atoms with Crippen LogP contribution in [0.5, 0.6) is 0 Å². The fraction of sp³-hybridized carbons (Fsp3) is 0.545. The number of nitrogens with zero attached hydrogens (tertiary/aromatic N) is 5. The van der Waals surface area contributed by atoms with Gasteiger partial charge in [0.05, 0.1) is 18.1 Å². The molecule has 1 heterocycles. The minimum Gasteiger partial charge on any atom is -0.452 e. The molecular weight excluding hydrogens is 456 g/mol. The van der Waals surface area contributed by atoms with Crippen molar-refractivity contribution in [1.29, 1.82) is 0 Å². The standard InChI is InChI=1S/C22H30N6O5Si/c1-5-34(6-2,7-3)33-14(4)19-17(25-21(19)30)12-18(29)20(26-23)22(31)32-13-15-10-8-9-11-16(15)27-28-24/h8-11,14,17,19H,5-7,12-13H2,1-4H3,(H,25,30)/t14-,17-,19-/m1/s1. The number of carbonyl (C=O) groups excluding carboxylic acids is 3. The molecule has 1 N–H and O–H groups in total. The van der Waals surface area contributed by atoms with Gasteiger partial charge >= 0.3 is 11.7 Å². The van der Waals surface area contributed by atoms with Gasteiger partial charge in [0.1, 0.15) is 6.61 Å². The molecule has 12 heteroatoms. The first kappa shape index (κ1) is 26.9. The molecular formula is C22H30N6O5Si. The van der Waals surface area contributed by atoms with E-state index in [-0.39, 0.29) is 30.7 Å². The van der Waals surface area contributed by atoms with E-state index >= 15 is 0 Å². The van der Waals surface area contributed by atoms with Gasteiger partial charge in [-0.1, -0.05) is 50.2 Å². The first-order valence-electron chi connectivity index (χ1n) is 11.3. The number of ketones is 1. The number of amides is 1. The number of benzene rings is 1. The molecule has 182 valence electrons. The molecule has 0 spiro atoms. The van der Waals surface area contributed by atoms with Gasteiger partial charge in [0.25, 0.3) is 5.78 Å². The van der Waals surface area contributed by atoms with Crippen molar-refractivity contribution in [3.8, 4) is 0 Å². The minimum absolute atomic E-state index is 0.212. The fourth-order valence-corrected chi connectivity index (χ4v) is 7.07. The van der Waals surface area contributed by atoms with E-state index in [1.54, 1.807) is 24.3 Å². The maximum absolute atomic E-state index is 12.7. The minimum atomic E-state index is -1.96. The third-order valence-corrected chi connectivity index (χ3v) is 11.1. The van der Waals surface area contributed by atoms with Crippen LogP contribution in [0.2, 0.25) is 18.1 Å². The van der Waals surface area contributed by atoms with Gasteiger partial charge in [0.15, 0.2) is 8.32 Å². The first-order valence-corrected chi connectivity index (χ1v) is 13.8. The number of rotatable bonds is 13. The Kier molecular flexibility index (Phi) is 9.70. The van der Waals surface area contributed by atoms with E-state index < -0.39 is 37.7 Å². The topological polar surface area (TPSA) is 167 Å². The number of β-lactam (4-membered cyclic amide) rings is 1. The van der Waals surface area contributed by atoms with Crippen LogP contribution in [-0.2, 0) is 30.2 Å². The smallest absolute Gasteiger partial charge is 0.441 e. The van der Waals surface area contributed by atoms with Crippen molar-refractivity contribution in [2.24, 2.45) is 11.0 Å². The zero-order chi connectivity index (χ0) is 25.3. The third-order valence-electron chi connectivity index (χ3n) is 6.40. The van der Waals surface area contributed by atoms with Gasteiger partial charge in [-0.2, -0.15) is 4.79 Å². The van der Waals surface area contributed by atoms with E-state index in [9.17, 15) is 19.9 Å². The molecule has 11 nitrogen and oxygen atoms in total.